The summed E-state index contributed by atoms with van der Waals surface area (Å²) < 4.78 is 10.8. The highest BCUT2D eigenvalue weighted by Gasteiger charge is 2.32. The van der Waals surface area contributed by atoms with E-state index in [4.69, 9.17) is 15.2 Å². The molecule has 3 rings (SSSR count). The summed E-state index contributed by atoms with van der Waals surface area (Å²) in [5, 5.41) is 0. The average Bonchev–Trinajstić information content (AvgIpc) is 2.68. The number of ether oxygens (including phenoxy) is 2. The molecule has 2 N–H and O–H groups in total. The van der Waals surface area contributed by atoms with Gasteiger partial charge >= 0.3 is 0 Å². The number of likely N-dealkylation sites (tertiary alicyclic amines) is 1. The van der Waals surface area contributed by atoms with Crippen molar-refractivity contribution in [2.45, 2.75) is 38.1 Å². The Morgan fingerprint density at radius 1 is 1.23 bits per heavy atom. The Hall–Kier alpha value is -1.30. The number of rotatable bonds is 5. The van der Waals surface area contributed by atoms with Crippen molar-refractivity contribution in [3.05, 3.63) is 29.8 Å². The lowest BCUT2D eigenvalue weighted by Crippen LogP contribution is -2.51. The van der Waals surface area contributed by atoms with E-state index >= 15 is 0 Å². The summed E-state index contributed by atoms with van der Waals surface area (Å²) in [7, 11) is 1.72. The number of hydrogen-bond acceptors (Lipinski definition) is 4. The first-order chi connectivity index (χ1) is 12.2. The maximum atomic E-state index is 12.7. The van der Waals surface area contributed by atoms with E-state index in [9.17, 15) is 4.79 Å². The van der Waals surface area contributed by atoms with Crippen LogP contribution in [0, 0.1) is 11.8 Å². The molecule has 2 heterocycles. The van der Waals surface area contributed by atoms with Gasteiger partial charge in [0.25, 0.3) is 0 Å². The third-order valence-electron chi connectivity index (χ3n) is 5.69. The molecular weight excluding hydrogens is 352 g/mol. The van der Waals surface area contributed by atoms with Crippen molar-refractivity contribution in [2.75, 3.05) is 33.4 Å². The molecule has 6 heteroatoms. The van der Waals surface area contributed by atoms with Gasteiger partial charge < -0.3 is 20.1 Å². The third kappa shape index (κ3) is 5.12. The predicted molar refractivity (Wildman–Crippen MR) is 105 cm³/mol. The van der Waals surface area contributed by atoms with Crippen molar-refractivity contribution < 1.29 is 14.3 Å². The molecule has 2 saturated heterocycles. The zero-order valence-electron chi connectivity index (χ0n) is 15.6. The van der Waals surface area contributed by atoms with Gasteiger partial charge in [-0.3, -0.25) is 4.79 Å². The van der Waals surface area contributed by atoms with E-state index in [1.54, 1.807) is 7.11 Å². The average molecular weight is 383 g/mol. The predicted octanol–water partition coefficient (Wildman–Crippen LogP) is 2.65. The molecule has 0 aromatic heterocycles. The molecule has 1 aromatic rings. The lowest BCUT2D eigenvalue weighted by molar-refractivity contribution is -0.136. The standard InChI is InChI=1S/C20H30N2O3.ClH/c1-24-18-5-3-2-4-17(18)14-15-6-10-22(11-7-15)20(23)19(21)16-8-12-25-13-9-16;/h2-5,15-16,19H,6-14,21H2,1H3;1H. The minimum absolute atomic E-state index is 0. The molecule has 0 saturated carbocycles. The first-order valence-corrected chi connectivity index (χ1v) is 9.43. The number of carbonyl (C=O) groups excluding carboxylic acids is 1. The zero-order valence-corrected chi connectivity index (χ0v) is 16.4. The van der Waals surface area contributed by atoms with E-state index < -0.39 is 0 Å². The second-order valence-electron chi connectivity index (χ2n) is 7.26. The maximum Gasteiger partial charge on any atom is 0.239 e. The number of carbonyl (C=O) groups is 1. The smallest absolute Gasteiger partial charge is 0.239 e. The van der Waals surface area contributed by atoms with Gasteiger partial charge in [0.2, 0.25) is 5.91 Å². The van der Waals surface area contributed by atoms with Crippen LogP contribution < -0.4 is 10.5 Å². The van der Waals surface area contributed by atoms with Crippen LogP contribution in [0.2, 0.25) is 0 Å². The molecule has 0 aliphatic carbocycles. The molecule has 0 bridgehead atoms. The third-order valence-corrected chi connectivity index (χ3v) is 5.69. The highest BCUT2D eigenvalue weighted by Crippen LogP contribution is 2.27. The van der Waals surface area contributed by atoms with E-state index in [0.29, 0.717) is 5.92 Å². The summed E-state index contributed by atoms with van der Waals surface area (Å²) in [6.07, 6.45) is 4.88. The van der Waals surface area contributed by atoms with E-state index in [0.717, 1.165) is 64.2 Å². The van der Waals surface area contributed by atoms with Crippen molar-refractivity contribution >= 4 is 18.3 Å². The molecule has 0 spiro atoms. The van der Waals surface area contributed by atoms with Gasteiger partial charge in [0.05, 0.1) is 13.2 Å². The summed E-state index contributed by atoms with van der Waals surface area (Å²) in [5.41, 5.74) is 7.51. The first-order valence-electron chi connectivity index (χ1n) is 9.43. The molecule has 2 aliphatic heterocycles. The fourth-order valence-electron chi connectivity index (χ4n) is 4.03. The lowest BCUT2D eigenvalue weighted by atomic mass is 9.88. The van der Waals surface area contributed by atoms with Crippen LogP contribution >= 0.6 is 12.4 Å². The van der Waals surface area contributed by atoms with Crippen molar-refractivity contribution in [1.29, 1.82) is 0 Å². The Morgan fingerprint density at radius 3 is 2.54 bits per heavy atom. The Morgan fingerprint density at radius 2 is 1.88 bits per heavy atom. The van der Waals surface area contributed by atoms with E-state index in [1.807, 2.05) is 17.0 Å². The fraction of sp³-hybridized carbons (Fsp3) is 0.650. The van der Waals surface area contributed by atoms with Crippen molar-refractivity contribution in [3.63, 3.8) is 0 Å². The largest absolute Gasteiger partial charge is 0.496 e. The zero-order chi connectivity index (χ0) is 17.6. The molecule has 2 aliphatic rings. The van der Waals surface area contributed by atoms with Crippen LogP contribution in [0.1, 0.15) is 31.2 Å². The molecule has 1 aromatic carbocycles. The van der Waals surface area contributed by atoms with Crippen LogP contribution in [0.25, 0.3) is 0 Å². The summed E-state index contributed by atoms with van der Waals surface area (Å²) in [4.78, 5) is 14.7. The first kappa shape index (κ1) is 21.0. The number of halogens is 1. The second kappa shape index (κ2) is 10.1. The van der Waals surface area contributed by atoms with Crippen molar-refractivity contribution in [2.24, 2.45) is 17.6 Å². The van der Waals surface area contributed by atoms with Gasteiger partial charge in [-0.05, 0) is 55.6 Å². The van der Waals surface area contributed by atoms with Crippen LogP contribution in [-0.4, -0.2) is 50.3 Å². The van der Waals surface area contributed by atoms with Gasteiger partial charge in [0.1, 0.15) is 5.75 Å². The van der Waals surface area contributed by atoms with E-state index in [-0.39, 0.29) is 30.3 Å². The molecule has 146 valence electrons. The number of para-hydroxylation sites is 1. The Kier molecular flexibility index (Phi) is 8.19. The number of methoxy groups -OCH3 is 1. The normalized spacial score (nSPS) is 20.3. The van der Waals surface area contributed by atoms with Gasteiger partial charge in [-0.2, -0.15) is 0 Å². The van der Waals surface area contributed by atoms with Gasteiger partial charge in [-0.15, -0.1) is 12.4 Å². The number of benzene rings is 1. The number of nitrogens with two attached hydrogens (primary N) is 1. The molecule has 0 radical (unpaired) electrons. The number of nitrogens with zero attached hydrogens (tertiary/aromatic N) is 1. The number of amides is 1. The quantitative estimate of drug-likeness (QED) is 0.850. The molecule has 1 amide bonds. The molecule has 5 nitrogen and oxygen atoms in total. The summed E-state index contributed by atoms with van der Waals surface area (Å²) in [5.74, 6) is 1.96. The Labute approximate surface area is 162 Å². The van der Waals surface area contributed by atoms with Crippen LogP contribution in [0.3, 0.4) is 0 Å². The molecular formula is C20H31ClN2O3. The second-order valence-corrected chi connectivity index (χ2v) is 7.26. The van der Waals surface area contributed by atoms with Crippen LogP contribution in [0.5, 0.6) is 5.75 Å². The highest BCUT2D eigenvalue weighted by atomic mass is 35.5. The highest BCUT2D eigenvalue weighted by molar-refractivity contribution is 5.85. The minimum Gasteiger partial charge on any atom is -0.496 e. The van der Waals surface area contributed by atoms with E-state index in [1.165, 1.54) is 5.56 Å². The SMILES string of the molecule is COc1ccccc1CC1CCN(C(=O)C(N)C2CCOCC2)CC1.Cl. The molecule has 2 fully saturated rings. The monoisotopic (exact) mass is 382 g/mol. The topological polar surface area (TPSA) is 64.8 Å². The van der Waals surface area contributed by atoms with Crippen LogP contribution in [0.15, 0.2) is 24.3 Å². The number of piperidine rings is 1. The Bertz CT molecular complexity index is 570. The molecule has 1 unspecified atom stereocenters. The maximum absolute atomic E-state index is 12.7. The Balaban J connectivity index is 0.00000243. The number of hydrogen-bond donors (Lipinski definition) is 1. The minimum atomic E-state index is -0.366. The van der Waals surface area contributed by atoms with E-state index in [2.05, 4.69) is 12.1 Å². The van der Waals surface area contributed by atoms with Gasteiger partial charge in [-0.25, -0.2) is 0 Å². The summed E-state index contributed by atoms with van der Waals surface area (Å²) in [6.45, 7) is 3.09. The molecule has 1 atom stereocenters. The summed E-state index contributed by atoms with van der Waals surface area (Å²) in [6, 6.07) is 7.85. The van der Waals surface area contributed by atoms with Gasteiger partial charge in [0.15, 0.2) is 0 Å². The van der Waals surface area contributed by atoms with Crippen LogP contribution in [0.4, 0.5) is 0 Å². The molecule has 26 heavy (non-hydrogen) atoms. The van der Waals surface area contributed by atoms with Crippen molar-refractivity contribution in [1.82, 2.24) is 4.90 Å². The summed E-state index contributed by atoms with van der Waals surface area (Å²) >= 11 is 0. The van der Waals surface area contributed by atoms with Gasteiger partial charge in [0, 0.05) is 26.3 Å². The fourth-order valence-corrected chi connectivity index (χ4v) is 4.03. The lowest BCUT2D eigenvalue weighted by Gasteiger charge is -2.36. The van der Waals surface area contributed by atoms with Crippen LogP contribution in [-0.2, 0) is 16.0 Å². The van der Waals surface area contributed by atoms with Gasteiger partial charge in [-0.1, -0.05) is 18.2 Å². The van der Waals surface area contributed by atoms with Crippen molar-refractivity contribution in [3.8, 4) is 5.75 Å².